The Hall–Kier alpha value is -8.38. The SMILES string of the molecule is CCCCCCCCCCCCOc1ccc(-c2c3nc(c(-c4ccc(OCCCCCCCCCCCC)c(OCCCCCCCCCCCC)c4)c4ccc([nH]4)c(-c4ccc(C(=O)OC)cc4)c4nc(c(-c5ccc(C(=O)OC)cc5)c5ccc2[nH]5)C=C4)C=C3)cc1OCCCCCCCCCCCC. The fourth-order valence-corrected chi connectivity index (χ4v) is 15.1. The maximum atomic E-state index is 13.0. The number of hydrogen-bond donors (Lipinski definition) is 2. The summed E-state index contributed by atoms with van der Waals surface area (Å²) in [6.45, 7) is 11.5. The van der Waals surface area contributed by atoms with E-state index < -0.39 is 11.9 Å². The first-order valence-electron chi connectivity index (χ1n) is 42.6. The van der Waals surface area contributed by atoms with Crippen LogP contribution in [0.3, 0.4) is 0 Å². The molecular weight excluding hydrogens is 1340 g/mol. The minimum Gasteiger partial charge on any atom is -0.490 e. The zero-order valence-electron chi connectivity index (χ0n) is 67.0. The molecule has 12 nitrogen and oxygen atoms in total. The monoisotopic (exact) mass is 1470 g/mol. The first kappa shape index (κ1) is 83.7. The molecule has 0 aliphatic carbocycles. The fraction of sp³-hybridized carbons (Fsp3) is 0.521. The number of ether oxygens (including phenoxy) is 6. The smallest absolute Gasteiger partial charge is 0.337 e. The van der Waals surface area contributed by atoms with Crippen molar-refractivity contribution in [2.24, 2.45) is 0 Å². The van der Waals surface area contributed by atoms with Crippen LogP contribution in [-0.2, 0) is 9.47 Å². The second kappa shape index (κ2) is 48.2. The van der Waals surface area contributed by atoms with Gasteiger partial charge < -0.3 is 38.4 Å². The molecule has 582 valence electrons. The van der Waals surface area contributed by atoms with E-state index in [-0.39, 0.29) is 0 Å². The third-order valence-electron chi connectivity index (χ3n) is 21.4. The van der Waals surface area contributed by atoms with Crippen molar-refractivity contribution < 1.29 is 38.0 Å². The van der Waals surface area contributed by atoms with Crippen molar-refractivity contribution in [1.29, 1.82) is 0 Å². The van der Waals surface area contributed by atoms with E-state index >= 15 is 0 Å². The van der Waals surface area contributed by atoms with Crippen LogP contribution in [0.4, 0.5) is 0 Å². The summed E-state index contributed by atoms with van der Waals surface area (Å²) in [5, 5.41) is 0. The molecule has 0 fully saturated rings. The molecule has 12 heteroatoms. The lowest BCUT2D eigenvalue weighted by molar-refractivity contribution is 0.0592. The number of nitrogens with zero attached hydrogens (tertiary/aromatic N) is 2. The topological polar surface area (TPSA) is 147 Å². The molecule has 0 saturated carbocycles. The number of hydrogen-bond acceptors (Lipinski definition) is 10. The van der Waals surface area contributed by atoms with Crippen molar-refractivity contribution in [1.82, 2.24) is 19.9 Å². The summed E-state index contributed by atoms with van der Waals surface area (Å²) < 4.78 is 37.7. The molecule has 108 heavy (non-hydrogen) atoms. The van der Waals surface area contributed by atoms with Crippen molar-refractivity contribution in [3.8, 4) is 67.5 Å². The number of fused-ring (bicyclic) bond motifs is 8. The fourth-order valence-electron chi connectivity index (χ4n) is 15.1. The largest absolute Gasteiger partial charge is 0.490 e. The minimum absolute atomic E-state index is 0.416. The number of rotatable bonds is 54. The van der Waals surface area contributed by atoms with Crippen LogP contribution in [0.1, 0.15) is 328 Å². The number of esters is 2. The van der Waals surface area contributed by atoms with Crippen molar-refractivity contribution in [2.45, 2.75) is 285 Å². The zero-order valence-corrected chi connectivity index (χ0v) is 67.0. The second-order valence-electron chi connectivity index (χ2n) is 30.1. The Morgan fingerprint density at radius 3 is 0.741 bits per heavy atom. The van der Waals surface area contributed by atoms with Crippen LogP contribution in [0.5, 0.6) is 23.0 Å². The maximum Gasteiger partial charge on any atom is 0.337 e. The lowest BCUT2D eigenvalue weighted by Gasteiger charge is -2.15. The molecule has 2 N–H and O–H groups in total. The molecular formula is C96H130N4O8. The average Bonchev–Trinajstić information content (AvgIpc) is 1.61. The van der Waals surface area contributed by atoms with E-state index in [9.17, 15) is 9.59 Å². The number of methoxy groups -OCH3 is 2. The molecule has 2 aliphatic heterocycles. The molecule has 7 aromatic rings. The second-order valence-corrected chi connectivity index (χ2v) is 30.1. The molecule has 0 unspecified atom stereocenters. The van der Waals surface area contributed by atoms with E-state index in [2.05, 4.69) is 123 Å². The van der Waals surface area contributed by atoms with E-state index in [0.717, 1.165) is 152 Å². The van der Waals surface area contributed by atoms with Crippen LogP contribution in [0.25, 0.3) is 90.9 Å². The normalized spacial score (nSPS) is 11.8. The van der Waals surface area contributed by atoms with E-state index in [1.807, 2.05) is 24.3 Å². The van der Waals surface area contributed by atoms with Crippen molar-refractivity contribution in [3.63, 3.8) is 0 Å². The van der Waals surface area contributed by atoms with Crippen LogP contribution in [0.2, 0.25) is 0 Å². The van der Waals surface area contributed by atoms with Gasteiger partial charge in [0.25, 0.3) is 0 Å². The number of benzene rings is 4. The van der Waals surface area contributed by atoms with E-state index in [4.69, 9.17) is 38.4 Å². The van der Waals surface area contributed by atoms with Crippen molar-refractivity contribution in [2.75, 3.05) is 40.6 Å². The summed E-state index contributed by atoms with van der Waals surface area (Å²) in [6.07, 6.45) is 58.3. The summed E-state index contributed by atoms with van der Waals surface area (Å²) in [4.78, 5) is 45.1. The first-order chi connectivity index (χ1) is 53.2. The molecule has 2 aliphatic rings. The molecule has 0 amide bonds. The molecule has 9 rings (SSSR count). The molecule has 0 saturated heterocycles. The molecule has 5 heterocycles. The summed E-state index contributed by atoms with van der Waals surface area (Å²) in [7, 11) is 2.80. The van der Waals surface area contributed by atoms with Crippen molar-refractivity contribution in [3.05, 3.63) is 143 Å². The van der Waals surface area contributed by atoms with Gasteiger partial charge in [-0.3, -0.25) is 0 Å². The highest BCUT2D eigenvalue weighted by Crippen LogP contribution is 2.43. The number of aromatic amines is 2. The lowest BCUT2D eigenvalue weighted by atomic mass is 10.0. The van der Waals surface area contributed by atoms with Gasteiger partial charge in [-0.1, -0.05) is 295 Å². The van der Waals surface area contributed by atoms with Gasteiger partial charge in [0.05, 0.1) is 74.5 Å². The van der Waals surface area contributed by atoms with Gasteiger partial charge in [0, 0.05) is 44.3 Å². The third-order valence-corrected chi connectivity index (χ3v) is 21.4. The molecule has 4 aromatic carbocycles. The number of carbonyl (C=O) groups is 2. The summed E-state index contributed by atoms with van der Waals surface area (Å²) >= 11 is 0. The Kier molecular flexibility index (Phi) is 37.3. The first-order valence-corrected chi connectivity index (χ1v) is 42.6. The highest BCUT2D eigenvalue weighted by atomic mass is 16.5. The third kappa shape index (κ3) is 26.4. The van der Waals surface area contributed by atoms with Gasteiger partial charge >= 0.3 is 11.9 Å². The zero-order chi connectivity index (χ0) is 75.6. The molecule has 0 spiro atoms. The van der Waals surface area contributed by atoms with Crippen molar-refractivity contribution >= 4 is 58.3 Å². The van der Waals surface area contributed by atoms with Crippen LogP contribution < -0.4 is 18.9 Å². The predicted molar refractivity (Wildman–Crippen MR) is 453 cm³/mol. The van der Waals surface area contributed by atoms with Gasteiger partial charge in [0.2, 0.25) is 0 Å². The number of H-pyrrole nitrogens is 2. The van der Waals surface area contributed by atoms with E-state index in [1.54, 1.807) is 24.3 Å². The Morgan fingerprint density at radius 2 is 0.491 bits per heavy atom. The van der Waals surface area contributed by atoms with Gasteiger partial charge in [0.15, 0.2) is 23.0 Å². The number of nitrogens with one attached hydrogen (secondary N) is 2. The summed E-state index contributed by atoms with van der Waals surface area (Å²) in [6, 6.07) is 36.4. The van der Waals surface area contributed by atoms with Crippen LogP contribution in [0, 0.1) is 0 Å². The Bertz CT molecular complexity index is 3790. The lowest BCUT2D eigenvalue weighted by Crippen LogP contribution is -2.03. The van der Waals surface area contributed by atoms with Crippen LogP contribution >= 0.6 is 0 Å². The quantitative estimate of drug-likeness (QED) is 0.0279. The van der Waals surface area contributed by atoms with Crippen LogP contribution in [0.15, 0.2) is 109 Å². The number of carbonyl (C=O) groups excluding carboxylic acids is 2. The van der Waals surface area contributed by atoms with E-state index in [0.29, 0.717) is 48.9 Å². The average molecular weight is 1470 g/mol. The van der Waals surface area contributed by atoms with Gasteiger partial charge in [-0.2, -0.15) is 0 Å². The van der Waals surface area contributed by atoms with Gasteiger partial charge in [-0.05, 0) is 145 Å². The van der Waals surface area contributed by atoms with Crippen LogP contribution in [-0.4, -0.2) is 72.5 Å². The van der Waals surface area contributed by atoms with Gasteiger partial charge in [0.1, 0.15) is 0 Å². The van der Waals surface area contributed by atoms with E-state index in [1.165, 1.54) is 220 Å². The number of unbranched alkanes of at least 4 members (excludes halogenated alkanes) is 36. The Balaban J connectivity index is 1.17. The highest BCUT2D eigenvalue weighted by Gasteiger charge is 2.23. The Labute approximate surface area is 648 Å². The predicted octanol–water partition coefficient (Wildman–Crippen LogP) is 28.1. The standard InChI is InChI=1S/C96H130N4O8/c1-7-11-15-19-23-27-31-35-39-43-67-105-87-65-55-77(71-89(87)107-69-45-41-37-33-29-25-21-17-13-9-3)93-83-61-59-81(98-83)91(73-47-51-75(52-48-73)95(101)103-5)79-57-58-80(97-79)92(74-49-53-76(54-50-74)96(102)104-6)82-60-62-84(99-82)94(86-64-63-85(93)100-86)78-56-66-88(106-68-44-40-36-32-28-24-20-16-12-8-2)90(72-78)108-70-46-42-38-34-30-26-22-18-14-10-4/h47-66,71-72,98-99H,7-46,67-70H2,1-6H3. The maximum absolute atomic E-state index is 13.0. The summed E-state index contributed by atoms with van der Waals surface area (Å²) in [5.74, 6) is 2.11. The highest BCUT2D eigenvalue weighted by molar-refractivity contribution is 6.01. The minimum atomic E-state index is -0.416. The van der Waals surface area contributed by atoms with Gasteiger partial charge in [-0.25, -0.2) is 19.6 Å². The molecule has 0 radical (unpaired) electrons. The molecule has 8 bridgehead atoms. The van der Waals surface area contributed by atoms with Gasteiger partial charge in [-0.15, -0.1) is 0 Å². The molecule has 3 aromatic heterocycles. The summed E-state index contributed by atoms with van der Waals surface area (Å²) in [5.41, 5.74) is 14.1. The Morgan fingerprint density at radius 1 is 0.269 bits per heavy atom. The number of aromatic nitrogens is 4. The molecule has 0 atom stereocenters.